The number of hydrogen-bond donors (Lipinski definition) is 1. The summed E-state index contributed by atoms with van der Waals surface area (Å²) < 4.78 is 33.1. The second-order valence-corrected chi connectivity index (χ2v) is 9.91. The van der Waals surface area contributed by atoms with Crippen molar-refractivity contribution in [2.45, 2.75) is 49.5 Å². The van der Waals surface area contributed by atoms with Crippen molar-refractivity contribution in [2.24, 2.45) is 0 Å². The van der Waals surface area contributed by atoms with Crippen molar-refractivity contribution in [1.82, 2.24) is 14.5 Å². The van der Waals surface area contributed by atoms with Gasteiger partial charge in [-0.05, 0) is 44.5 Å². The van der Waals surface area contributed by atoms with Crippen LogP contribution in [0.15, 0.2) is 29.2 Å². The van der Waals surface area contributed by atoms with Crippen LogP contribution in [0.5, 0.6) is 0 Å². The van der Waals surface area contributed by atoms with Crippen LogP contribution in [0.25, 0.3) is 0 Å². The monoisotopic (exact) mass is 423 g/mol. The highest BCUT2D eigenvalue weighted by Gasteiger charge is 2.27. The first kappa shape index (κ1) is 22.2. The maximum absolute atomic E-state index is 12.9. The van der Waals surface area contributed by atoms with Gasteiger partial charge in [0.25, 0.3) is 5.91 Å². The van der Waals surface area contributed by atoms with Crippen molar-refractivity contribution in [2.75, 3.05) is 46.4 Å². The van der Waals surface area contributed by atoms with Crippen LogP contribution in [-0.4, -0.2) is 76.0 Å². The Morgan fingerprint density at radius 3 is 2.59 bits per heavy atom. The number of carbonyl (C=O) groups excluding carboxylic acids is 1. The van der Waals surface area contributed by atoms with Crippen LogP contribution in [0.2, 0.25) is 0 Å². The molecule has 3 rings (SSSR count). The van der Waals surface area contributed by atoms with E-state index in [1.807, 2.05) is 7.05 Å². The number of benzene rings is 1. The number of piperazine rings is 1. The number of hydrogen-bond acceptors (Lipinski definition) is 5. The maximum atomic E-state index is 12.9. The van der Waals surface area contributed by atoms with Gasteiger partial charge in [-0.25, -0.2) is 8.42 Å². The van der Waals surface area contributed by atoms with Crippen molar-refractivity contribution in [1.29, 1.82) is 0 Å². The molecule has 2 fully saturated rings. The molecule has 0 radical (unpaired) electrons. The molecule has 1 saturated heterocycles. The minimum Gasteiger partial charge on any atom is -0.378 e. The van der Waals surface area contributed by atoms with E-state index in [1.165, 1.54) is 29.6 Å². The van der Waals surface area contributed by atoms with Crippen LogP contribution < -0.4 is 5.32 Å². The third kappa shape index (κ3) is 6.25. The highest BCUT2D eigenvalue weighted by Crippen LogP contribution is 2.20. The molecule has 1 saturated carbocycles. The Hall–Kier alpha value is -1.48. The highest BCUT2D eigenvalue weighted by atomic mass is 32.2. The maximum Gasteiger partial charge on any atom is 0.251 e. The van der Waals surface area contributed by atoms with Crippen LogP contribution in [0.3, 0.4) is 0 Å². The molecule has 7 nitrogen and oxygen atoms in total. The fraction of sp³-hybridized carbons (Fsp3) is 0.667. The lowest BCUT2D eigenvalue weighted by molar-refractivity contribution is 0.0273. The molecule has 0 unspecified atom stereocenters. The lowest BCUT2D eigenvalue weighted by Crippen LogP contribution is -2.47. The van der Waals surface area contributed by atoms with Crippen molar-refractivity contribution in [3.63, 3.8) is 0 Å². The van der Waals surface area contributed by atoms with Crippen molar-refractivity contribution < 1.29 is 17.9 Å². The van der Waals surface area contributed by atoms with Gasteiger partial charge in [-0.15, -0.1) is 0 Å². The van der Waals surface area contributed by atoms with E-state index < -0.39 is 10.0 Å². The third-order valence-corrected chi connectivity index (χ3v) is 7.60. The second-order valence-electron chi connectivity index (χ2n) is 7.98. The van der Waals surface area contributed by atoms with Crippen molar-refractivity contribution >= 4 is 15.9 Å². The van der Waals surface area contributed by atoms with Crippen LogP contribution in [0.4, 0.5) is 0 Å². The second kappa shape index (κ2) is 10.5. The minimum atomic E-state index is -3.58. The molecule has 2 aliphatic rings. The molecular formula is C21H33N3O4S. The summed E-state index contributed by atoms with van der Waals surface area (Å²) >= 11 is 0. The quantitative estimate of drug-likeness (QED) is 0.648. The normalized spacial score (nSPS) is 19.9. The average molecular weight is 424 g/mol. The summed E-state index contributed by atoms with van der Waals surface area (Å²) in [7, 11) is -1.60. The van der Waals surface area contributed by atoms with Crippen molar-refractivity contribution in [3.8, 4) is 0 Å². The molecule has 0 atom stereocenters. The lowest BCUT2D eigenvalue weighted by Gasteiger charge is -2.31. The fourth-order valence-corrected chi connectivity index (χ4v) is 5.30. The largest absolute Gasteiger partial charge is 0.378 e. The van der Waals surface area contributed by atoms with Gasteiger partial charge in [0, 0.05) is 44.9 Å². The zero-order valence-corrected chi connectivity index (χ0v) is 18.1. The Bertz CT molecular complexity index is 770. The molecule has 1 heterocycles. The summed E-state index contributed by atoms with van der Waals surface area (Å²) in [6.45, 7) is 3.51. The topological polar surface area (TPSA) is 79.0 Å². The minimum absolute atomic E-state index is 0.176. The van der Waals surface area contributed by atoms with Gasteiger partial charge in [-0.1, -0.05) is 25.3 Å². The molecule has 29 heavy (non-hydrogen) atoms. The van der Waals surface area contributed by atoms with Gasteiger partial charge in [-0.3, -0.25) is 4.79 Å². The molecular weight excluding hydrogens is 390 g/mol. The van der Waals surface area contributed by atoms with E-state index in [1.54, 1.807) is 18.2 Å². The first-order valence-corrected chi connectivity index (χ1v) is 12.1. The molecule has 0 spiro atoms. The SMILES string of the molecule is CN1CCN(S(=O)(=O)c2cccc(C(=O)NCCCOC3CCCCC3)c2)CC1. The molecule has 0 aromatic heterocycles. The van der Waals surface area contributed by atoms with Crippen LogP contribution in [0.1, 0.15) is 48.9 Å². The Morgan fingerprint density at radius 1 is 1.14 bits per heavy atom. The van der Waals surface area contributed by atoms with Crippen LogP contribution in [-0.2, 0) is 14.8 Å². The van der Waals surface area contributed by atoms with Gasteiger partial charge in [0.1, 0.15) is 0 Å². The van der Waals surface area contributed by atoms with E-state index >= 15 is 0 Å². The fourth-order valence-electron chi connectivity index (χ4n) is 3.83. The molecule has 1 aromatic rings. The number of ether oxygens (including phenoxy) is 1. The Morgan fingerprint density at radius 2 is 1.86 bits per heavy atom. The number of rotatable bonds is 8. The standard InChI is InChI=1S/C21H33N3O4S/c1-23-12-14-24(15-13-23)29(26,27)20-10-5-7-18(17-20)21(25)22-11-6-16-28-19-8-3-2-4-9-19/h5,7,10,17,19H,2-4,6,8-9,11-16H2,1H3,(H,22,25). The van der Waals surface area contributed by atoms with E-state index in [-0.39, 0.29) is 10.8 Å². The van der Waals surface area contributed by atoms with Gasteiger partial charge < -0.3 is 15.0 Å². The molecule has 1 aliphatic heterocycles. The Labute approximate surface area is 174 Å². The van der Waals surface area contributed by atoms with E-state index in [4.69, 9.17) is 4.74 Å². The summed E-state index contributed by atoms with van der Waals surface area (Å²) in [5.41, 5.74) is 0.369. The van der Waals surface area contributed by atoms with E-state index in [0.717, 1.165) is 19.3 Å². The molecule has 1 amide bonds. The zero-order chi connectivity index (χ0) is 20.7. The molecule has 1 aliphatic carbocycles. The number of likely N-dealkylation sites (N-methyl/N-ethyl adjacent to an activating group) is 1. The highest BCUT2D eigenvalue weighted by molar-refractivity contribution is 7.89. The van der Waals surface area contributed by atoms with E-state index in [0.29, 0.717) is 51.0 Å². The first-order valence-electron chi connectivity index (χ1n) is 10.7. The molecule has 162 valence electrons. The van der Waals surface area contributed by atoms with E-state index in [2.05, 4.69) is 10.2 Å². The van der Waals surface area contributed by atoms with Crippen LogP contribution in [0, 0.1) is 0 Å². The number of carbonyl (C=O) groups is 1. The van der Waals surface area contributed by atoms with Crippen molar-refractivity contribution in [3.05, 3.63) is 29.8 Å². The molecule has 8 heteroatoms. The molecule has 1 aromatic carbocycles. The zero-order valence-electron chi connectivity index (χ0n) is 17.3. The number of nitrogens with one attached hydrogen (secondary N) is 1. The number of amides is 1. The average Bonchev–Trinajstić information content (AvgIpc) is 2.74. The van der Waals surface area contributed by atoms with Gasteiger partial charge in [0.15, 0.2) is 0 Å². The van der Waals surface area contributed by atoms with Gasteiger partial charge in [0.05, 0.1) is 11.0 Å². The lowest BCUT2D eigenvalue weighted by atomic mass is 9.98. The Kier molecular flexibility index (Phi) is 8.06. The molecule has 0 bridgehead atoms. The third-order valence-electron chi connectivity index (χ3n) is 5.71. The summed E-state index contributed by atoms with van der Waals surface area (Å²) in [6.07, 6.45) is 7.20. The number of sulfonamides is 1. The summed E-state index contributed by atoms with van der Waals surface area (Å²) in [6, 6.07) is 6.31. The van der Waals surface area contributed by atoms with Crippen LogP contribution >= 0.6 is 0 Å². The Balaban J connectivity index is 1.48. The van der Waals surface area contributed by atoms with Gasteiger partial charge >= 0.3 is 0 Å². The first-order chi connectivity index (χ1) is 14.0. The summed E-state index contributed by atoms with van der Waals surface area (Å²) in [4.78, 5) is 14.7. The smallest absolute Gasteiger partial charge is 0.251 e. The summed E-state index contributed by atoms with van der Waals surface area (Å²) in [5, 5.41) is 2.87. The predicted octanol–water partition coefficient (Wildman–Crippen LogP) is 2.09. The number of nitrogens with zero attached hydrogens (tertiary/aromatic N) is 2. The summed E-state index contributed by atoms with van der Waals surface area (Å²) in [5.74, 6) is -0.252. The van der Waals surface area contributed by atoms with Gasteiger partial charge in [-0.2, -0.15) is 4.31 Å². The predicted molar refractivity (Wildman–Crippen MR) is 112 cm³/mol. The van der Waals surface area contributed by atoms with Gasteiger partial charge in [0.2, 0.25) is 10.0 Å². The molecule has 1 N–H and O–H groups in total. The van der Waals surface area contributed by atoms with E-state index in [9.17, 15) is 13.2 Å².